The van der Waals surface area contributed by atoms with Crippen molar-refractivity contribution in [3.8, 4) is 0 Å². The van der Waals surface area contributed by atoms with Gasteiger partial charge in [0.2, 0.25) is 0 Å². The van der Waals surface area contributed by atoms with Crippen molar-refractivity contribution in [3.63, 3.8) is 0 Å². The minimum Gasteiger partial charge on any atom is -0.343 e. The van der Waals surface area contributed by atoms with Gasteiger partial charge in [-0.05, 0) is 20.3 Å². The third kappa shape index (κ3) is 2.16. The average molecular weight is 170 g/mol. The van der Waals surface area contributed by atoms with E-state index >= 15 is 0 Å². The van der Waals surface area contributed by atoms with E-state index in [1.54, 1.807) is 19.9 Å². The van der Waals surface area contributed by atoms with E-state index in [0.717, 1.165) is 0 Å². The van der Waals surface area contributed by atoms with E-state index < -0.39 is 5.79 Å². The molecule has 1 unspecified atom stereocenters. The highest BCUT2D eigenvalue weighted by Crippen LogP contribution is 2.21. The molecule has 1 aliphatic rings. The summed E-state index contributed by atoms with van der Waals surface area (Å²) in [6.45, 7) is 7.31. The van der Waals surface area contributed by atoms with Gasteiger partial charge in [-0.2, -0.15) is 0 Å². The molecule has 0 aliphatic carbocycles. The largest absolute Gasteiger partial charge is 0.343 e. The van der Waals surface area contributed by atoms with Gasteiger partial charge in [0.05, 0.1) is 0 Å². The second-order valence-electron chi connectivity index (χ2n) is 3.29. The van der Waals surface area contributed by atoms with Crippen LogP contribution in [0.25, 0.3) is 0 Å². The lowest BCUT2D eigenvalue weighted by molar-refractivity contribution is -0.257. The first-order valence-corrected chi connectivity index (χ1v) is 4.00. The normalized spacial score (nSPS) is 28.5. The van der Waals surface area contributed by atoms with E-state index in [2.05, 4.69) is 6.58 Å². The lowest BCUT2D eigenvalue weighted by Gasteiger charge is -2.34. The third-order valence-corrected chi connectivity index (χ3v) is 1.73. The highest BCUT2D eigenvalue weighted by molar-refractivity contribution is 5.84. The van der Waals surface area contributed by atoms with Crippen molar-refractivity contribution in [3.05, 3.63) is 12.7 Å². The van der Waals surface area contributed by atoms with Gasteiger partial charge in [-0.1, -0.05) is 6.08 Å². The van der Waals surface area contributed by atoms with E-state index in [9.17, 15) is 4.79 Å². The van der Waals surface area contributed by atoms with Crippen LogP contribution in [0.15, 0.2) is 12.7 Å². The van der Waals surface area contributed by atoms with Gasteiger partial charge in [-0.15, -0.1) is 6.58 Å². The fourth-order valence-corrected chi connectivity index (χ4v) is 1.11. The molecular weight excluding hydrogens is 156 g/mol. The lowest BCUT2D eigenvalue weighted by atomic mass is 10.1. The Labute approximate surface area is 72.4 Å². The molecule has 1 saturated heterocycles. The Morgan fingerprint density at radius 2 is 2.42 bits per heavy atom. The maximum atomic E-state index is 11.2. The van der Waals surface area contributed by atoms with Crippen LogP contribution in [-0.2, 0) is 14.3 Å². The number of hydrogen-bond donors (Lipinski definition) is 0. The Kier molecular flexibility index (Phi) is 2.65. The molecule has 0 N–H and O–H groups in total. The van der Waals surface area contributed by atoms with Crippen LogP contribution >= 0.6 is 0 Å². The summed E-state index contributed by atoms with van der Waals surface area (Å²) < 4.78 is 10.5. The van der Waals surface area contributed by atoms with Crippen LogP contribution in [0.1, 0.15) is 20.3 Å². The number of Topliss-reactive ketones (excluding diaryl/α,β-unsaturated/α-hetero) is 1. The summed E-state index contributed by atoms with van der Waals surface area (Å²) in [4.78, 5) is 11.2. The van der Waals surface area contributed by atoms with E-state index in [-0.39, 0.29) is 18.5 Å². The van der Waals surface area contributed by atoms with Gasteiger partial charge in [0.1, 0.15) is 12.7 Å². The summed E-state index contributed by atoms with van der Waals surface area (Å²) in [5.74, 6) is -0.643. The van der Waals surface area contributed by atoms with Crippen molar-refractivity contribution >= 4 is 5.78 Å². The van der Waals surface area contributed by atoms with Crippen molar-refractivity contribution in [1.29, 1.82) is 0 Å². The monoisotopic (exact) mass is 170 g/mol. The van der Waals surface area contributed by atoms with Crippen LogP contribution in [0.5, 0.6) is 0 Å². The Balaban J connectivity index is 2.59. The maximum Gasteiger partial charge on any atom is 0.187 e. The van der Waals surface area contributed by atoms with Crippen LogP contribution in [0.2, 0.25) is 0 Å². The summed E-state index contributed by atoms with van der Waals surface area (Å²) in [7, 11) is 0. The van der Waals surface area contributed by atoms with Gasteiger partial charge >= 0.3 is 0 Å². The first kappa shape index (κ1) is 9.42. The molecule has 1 rings (SSSR count). The SMILES string of the molecule is C=CCC1OC(C)(C)OCC1=O. The van der Waals surface area contributed by atoms with E-state index in [1.165, 1.54) is 0 Å². The van der Waals surface area contributed by atoms with Crippen molar-refractivity contribution in [2.45, 2.75) is 32.2 Å². The number of ether oxygens (including phenoxy) is 2. The highest BCUT2D eigenvalue weighted by Gasteiger charge is 2.34. The molecule has 3 nitrogen and oxygen atoms in total. The number of carbonyl (C=O) groups is 1. The fraction of sp³-hybridized carbons (Fsp3) is 0.667. The van der Waals surface area contributed by atoms with E-state index in [0.29, 0.717) is 6.42 Å². The Morgan fingerprint density at radius 3 is 3.00 bits per heavy atom. The van der Waals surface area contributed by atoms with E-state index in [4.69, 9.17) is 9.47 Å². The number of rotatable bonds is 2. The van der Waals surface area contributed by atoms with Gasteiger partial charge in [-0.3, -0.25) is 4.79 Å². The van der Waals surface area contributed by atoms with Crippen molar-refractivity contribution in [2.75, 3.05) is 6.61 Å². The van der Waals surface area contributed by atoms with Crippen molar-refractivity contribution in [2.24, 2.45) is 0 Å². The summed E-state index contributed by atoms with van der Waals surface area (Å²) >= 11 is 0. The minimum atomic E-state index is -0.637. The lowest BCUT2D eigenvalue weighted by Crippen LogP contribution is -2.45. The average Bonchev–Trinajstić information content (AvgIpc) is 1.97. The highest BCUT2D eigenvalue weighted by atomic mass is 16.7. The molecule has 3 heteroatoms. The van der Waals surface area contributed by atoms with Crippen LogP contribution in [0.3, 0.4) is 0 Å². The van der Waals surface area contributed by atoms with Crippen molar-refractivity contribution < 1.29 is 14.3 Å². The molecule has 0 amide bonds. The zero-order valence-corrected chi connectivity index (χ0v) is 7.50. The molecule has 0 radical (unpaired) electrons. The molecule has 68 valence electrons. The summed E-state index contributed by atoms with van der Waals surface area (Å²) in [5, 5.41) is 0. The van der Waals surface area contributed by atoms with Crippen LogP contribution < -0.4 is 0 Å². The molecule has 0 saturated carbocycles. The number of ketones is 1. The zero-order chi connectivity index (χ0) is 9.19. The summed E-state index contributed by atoms with van der Waals surface area (Å²) in [5.41, 5.74) is 0. The first-order valence-electron chi connectivity index (χ1n) is 4.00. The van der Waals surface area contributed by atoms with Gasteiger partial charge in [0, 0.05) is 0 Å². The molecule has 0 aromatic rings. The molecular formula is C9H14O3. The predicted molar refractivity (Wildman–Crippen MR) is 44.7 cm³/mol. The minimum absolute atomic E-state index is 0.00535. The standard InChI is InChI=1S/C9H14O3/c1-4-5-8-7(10)6-11-9(2,3)12-8/h4,8H,1,5-6H2,2-3H3. The van der Waals surface area contributed by atoms with Crippen LogP contribution in [-0.4, -0.2) is 24.3 Å². The Hall–Kier alpha value is -0.670. The van der Waals surface area contributed by atoms with Gasteiger partial charge in [0.15, 0.2) is 11.6 Å². The van der Waals surface area contributed by atoms with Crippen LogP contribution in [0.4, 0.5) is 0 Å². The summed E-state index contributed by atoms with van der Waals surface area (Å²) in [6, 6.07) is 0. The van der Waals surface area contributed by atoms with Gasteiger partial charge < -0.3 is 9.47 Å². The Bertz CT molecular complexity index is 196. The molecule has 0 aromatic heterocycles. The number of carbonyl (C=O) groups excluding carboxylic acids is 1. The fourth-order valence-electron chi connectivity index (χ4n) is 1.11. The third-order valence-electron chi connectivity index (χ3n) is 1.73. The molecule has 1 aliphatic heterocycles. The molecule has 1 heterocycles. The molecule has 1 atom stereocenters. The molecule has 1 fully saturated rings. The second kappa shape index (κ2) is 3.37. The Morgan fingerprint density at radius 1 is 1.75 bits per heavy atom. The van der Waals surface area contributed by atoms with Crippen LogP contribution in [0, 0.1) is 0 Å². The predicted octanol–water partition coefficient (Wildman–Crippen LogP) is 1.28. The van der Waals surface area contributed by atoms with Gasteiger partial charge in [0.25, 0.3) is 0 Å². The molecule has 0 bridgehead atoms. The first-order chi connectivity index (χ1) is 5.55. The topological polar surface area (TPSA) is 35.5 Å². The van der Waals surface area contributed by atoms with Gasteiger partial charge in [-0.25, -0.2) is 0 Å². The quantitative estimate of drug-likeness (QED) is 0.586. The number of hydrogen-bond acceptors (Lipinski definition) is 3. The summed E-state index contributed by atoms with van der Waals surface area (Å²) in [6.07, 6.45) is 1.88. The zero-order valence-electron chi connectivity index (χ0n) is 7.50. The molecule has 0 spiro atoms. The second-order valence-corrected chi connectivity index (χ2v) is 3.29. The maximum absolute atomic E-state index is 11.2. The molecule has 0 aromatic carbocycles. The molecule has 12 heavy (non-hydrogen) atoms. The van der Waals surface area contributed by atoms with Crippen molar-refractivity contribution in [1.82, 2.24) is 0 Å². The smallest absolute Gasteiger partial charge is 0.187 e. The van der Waals surface area contributed by atoms with E-state index in [1.807, 2.05) is 0 Å².